The summed E-state index contributed by atoms with van der Waals surface area (Å²) in [5.41, 5.74) is 0.218. The lowest BCUT2D eigenvalue weighted by Crippen LogP contribution is -2.31. The van der Waals surface area contributed by atoms with Gasteiger partial charge in [-0.3, -0.25) is 4.98 Å². The van der Waals surface area contributed by atoms with Crippen molar-refractivity contribution < 1.29 is 9.84 Å². The van der Waals surface area contributed by atoms with E-state index in [1.807, 2.05) is 24.3 Å². The van der Waals surface area contributed by atoms with Crippen molar-refractivity contribution >= 4 is 29.3 Å². The van der Waals surface area contributed by atoms with Crippen LogP contribution in [0.1, 0.15) is 11.1 Å². The number of pyridine rings is 1. The second-order valence-corrected chi connectivity index (χ2v) is 6.67. The lowest BCUT2D eigenvalue weighted by molar-refractivity contribution is 0.0351. The van der Waals surface area contributed by atoms with Crippen LogP contribution in [0.5, 0.6) is 5.75 Å². The first kappa shape index (κ1) is 18.5. The van der Waals surface area contributed by atoms with Gasteiger partial charge in [0, 0.05) is 28.0 Å². The highest BCUT2D eigenvalue weighted by molar-refractivity contribution is 6.30. The van der Waals surface area contributed by atoms with Gasteiger partial charge in [0.1, 0.15) is 18.0 Å². The number of halogens is 2. The number of ether oxygens (including phenoxy) is 1. The molecule has 0 aliphatic carbocycles. The molecule has 0 saturated heterocycles. The van der Waals surface area contributed by atoms with Gasteiger partial charge in [-0.05, 0) is 54.1 Å². The molecule has 3 nitrogen and oxygen atoms in total. The predicted molar refractivity (Wildman–Crippen MR) is 106 cm³/mol. The zero-order valence-corrected chi connectivity index (χ0v) is 15.4. The van der Waals surface area contributed by atoms with Gasteiger partial charge in [0.2, 0.25) is 0 Å². The number of aliphatic hydroxyl groups is 1. The van der Waals surface area contributed by atoms with E-state index < -0.39 is 5.60 Å². The maximum Gasteiger partial charge on any atom is 0.143 e. The van der Waals surface area contributed by atoms with E-state index >= 15 is 0 Å². The van der Waals surface area contributed by atoms with E-state index in [-0.39, 0.29) is 6.61 Å². The summed E-state index contributed by atoms with van der Waals surface area (Å²) < 4.78 is 5.78. The quantitative estimate of drug-likeness (QED) is 0.620. The minimum Gasteiger partial charge on any atom is -0.490 e. The summed E-state index contributed by atoms with van der Waals surface area (Å²) in [4.78, 5) is 4.10. The largest absolute Gasteiger partial charge is 0.490 e. The van der Waals surface area contributed by atoms with Crippen molar-refractivity contribution in [2.45, 2.75) is 5.60 Å². The van der Waals surface area contributed by atoms with Gasteiger partial charge in [0.15, 0.2) is 0 Å². The fourth-order valence-corrected chi connectivity index (χ4v) is 2.63. The maximum absolute atomic E-state index is 11.2. The Morgan fingerprint density at radius 2 is 1.62 bits per heavy atom. The zero-order valence-electron chi connectivity index (χ0n) is 13.8. The molecule has 0 spiro atoms. The smallest absolute Gasteiger partial charge is 0.143 e. The highest BCUT2D eigenvalue weighted by atomic mass is 35.5. The molecule has 1 atom stereocenters. The molecule has 5 heteroatoms. The van der Waals surface area contributed by atoms with Gasteiger partial charge < -0.3 is 9.84 Å². The summed E-state index contributed by atoms with van der Waals surface area (Å²) in [7, 11) is 0. The van der Waals surface area contributed by atoms with Crippen LogP contribution in [0.2, 0.25) is 10.0 Å². The second kappa shape index (κ2) is 8.37. The van der Waals surface area contributed by atoms with Crippen LogP contribution < -0.4 is 4.74 Å². The minimum atomic E-state index is -1.34. The van der Waals surface area contributed by atoms with Gasteiger partial charge in [-0.25, -0.2) is 0 Å². The lowest BCUT2D eigenvalue weighted by Gasteiger charge is -2.25. The Balaban J connectivity index is 1.84. The molecule has 0 radical (unpaired) electrons. The summed E-state index contributed by atoms with van der Waals surface area (Å²) in [6.45, 7) is 0.0322. The number of hydrogen-bond donors (Lipinski definition) is 1. The van der Waals surface area contributed by atoms with E-state index in [1.54, 1.807) is 60.9 Å². The highest BCUT2D eigenvalue weighted by Gasteiger charge is 2.27. The number of nitrogens with zero attached hydrogens (tertiary/aromatic N) is 1. The van der Waals surface area contributed by atoms with Crippen molar-refractivity contribution in [3.8, 4) is 5.75 Å². The second-order valence-electron chi connectivity index (χ2n) is 5.79. The summed E-state index contributed by atoms with van der Waals surface area (Å²) in [6.07, 6.45) is 6.81. The van der Waals surface area contributed by atoms with Crippen LogP contribution in [-0.2, 0) is 5.60 Å². The molecule has 0 amide bonds. The summed E-state index contributed by atoms with van der Waals surface area (Å²) >= 11 is 11.8. The molecule has 0 bridgehead atoms. The minimum absolute atomic E-state index is 0.0322. The van der Waals surface area contributed by atoms with Crippen molar-refractivity contribution in [1.29, 1.82) is 0 Å². The fourth-order valence-electron chi connectivity index (χ4n) is 2.38. The summed E-state index contributed by atoms with van der Waals surface area (Å²) in [5.74, 6) is 0.622. The van der Waals surface area contributed by atoms with E-state index in [2.05, 4.69) is 4.98 Å². The van der Waals surface area contributed by atoms with E-state index in [1.165, 1.54) is 0 Å². The average molecular weight is 386 g/mol. The molecule has 0 aliphatic heterocycles. The predicted octanol–water partition coefficient (Wildman–Crippen LogP) is 5.37. The fraction of sp³-hybridized carbons (Fsp3) is 0.0952. The third-order valence-electron chi connectivity index (χ3n) is 3.86. The number of aromatic nitrogens is 1. The first-order valence-electron chi connectivity index (χ1n) is 8.01. The van der Waals surface area contributed by atoms with Crippen molar-refractivity contribution in [2.24, 2.45) is 0 Å². The van der Waals surface area contributed by atoms with E-state index in [9.17, 15) is 5.11 Å². The van der Waals surface area contributed by atoms with Crippen LogP contribution in [-0.4, -0.2) is 16.7 Å². The van der Waals surface area contributed by atoms with Crippen molar-refractivity contribution in [3.63, 3.8) is 0 Å². The Morgan fingerprint density at radius 3 is 2.23 bits per heavy atom. The molecule has 0 saturated carbocycles. The Morgan fingerprint density at radius 1 is 0.962 bits per heavy atom. The molecular weight excluding hydrogens is 369 g/mol. The van der Waals surface area contributed by atoms with Crippen LogP contribution >= 0.6 is 23.2 Å². The van der Waals surface area contributed by atoms with Crippen LogP contribution in [0.4, 0.5) is 0 Å². The zero-order chi connectivity index (χ0) is 18.4. The molecule has 132 valence electrons. The summed E-state index contributed by atoms with van der Waals surface area (Å²) in [6, 6.07) is 17.9. The normalized spacial score (nSPS) is 13.5. The van der Waals surface area contributed by atoms with E-state index in [0.717, 1.165) is 5.56 Å². The van der Waals surface area contributed by atoms with E-state index in [0.29, 0.717) is 21.4 Å². The lowest BCUT2D eigenvalue weighted by atomic mass is 9.95. The molecule has 26 heavy (non-hydrogen) atoms. The topological polar surface area (TPSA) is 42.4 Å². The van der Waals surface area contributed by atoms with Crippen LogP contribution in [0.25, 0.3) is 6.08 Å². The molecule has 1 N–H and O–H groups in total. The first-order valence-corrected chi connectivity index (χ1v) is 8.77. The third-order valence-corrected chi connectivity index (χ3v) is 4.36. The van der Waals surface area contributed by atoms with Crippen LogP contribution in [0, 0.1) is 0 Å². The molecule has 1 unspecified atom stereocenters. The van der Waals surface area contributed by atoms with Crippen molar-refractivity contribution in [2.75, 3.05) is 6.61 Å². The Kier molecular flexibility index (Phi) is 5.94. The third kappa shape index (κ3) is 4.85. The highest BCUT2D eigenvalue weighted by Crippen LogP contribution is 2.26. The Hall–Kier alpha value is -2.33. The van der Waals surface area contributed by atoms with Gasteiger partial charge in [-0.2, -0.15) is 0 Å². The van der Waals surface area contributed by atoms with Gasteiger partial charge >= 0.3 is 0 Å². The molecule has 3 rings (SSSR count). The standard InChI is InChI=1S/C21H17Cl2NO2/c22-18-5-3-16(4-6-18)11-12-21(25,17-2-1-13-24-14-17)15-26-20-9-7-19(23)8-10-20/h1-14,25H,15H2/b12-11+. The Labute approximate surface area is 162 Å². The summed E-state index contributed by atoms with van der Waals surface area (Å²) in [5, 5.41) is 12.5. The van der Waals surface area contributed by atoms with Gasteiger partial charge in [-0.15, -0.1) is 0 Å². The molecule has 2 aromatic carbocycles. The average Bonchev–Trinajstić information content (AvgIpc) is 2.68. The number of rotatable bonds is 6. The van der Waals surface area contributed by atoms with Crippen LogP contribution in [0.3, 0.4) is 0 Å². The molecule has 1 aromatic heterocycles. The molecule has 3 aromatic rings. The molecular formula is C21H17Cl2NO2. The first-order chi connectivity index (χ1) is 12.5. The number of benzene rings is 2. The van der Waals surface area contributed by atoms with Crippen molar-refractivity contribution in [1.82, 2.24) is 4.98 Å². The van der Waals surface area contributed by atoms with E-state index in [4.69, 9.17) is 27.9 Å². The van der Waals surface area contributed by atoms with Gasteiger partial charge in [-0.1, -0.05) is 47.5 Å². The molecule has 0 aliphatic rings. The van der Waals surface area contributed by atoms with Gasteiger partial charge in [0.05, 0.1) is 0 Å². The van der Waals surface area contributed by atoms with Gasteiger partial charge in [0.25, 0.3) is 0 Å². The SMILES string of the molecule is OC(/C=C/c1ccc(Cl)cc1)(COc1ccc(Cl)cc1)c1cccnc1. The number of hydrogen-bond acceptors (Lipinski definition) is 3. The molecule has 1 heterocycles. The van der Waals surface area contributed by atoms with Crippen molar-refractivity contribution in [3.05, 3.63) is 100 Å². The molecule has 0 fully saturated rings. The Bertz CT molecular complexity index is 865. The maximum atomic E-state index is 11.2. The monoisotopic (exact) mass is 385 g/mol. The van der Waals surface area contributed by atoms with Crippen LogP contribution in [0.15, 0.2) is 79.1 Å².